The summed E-state index contributed by atoms with van der Waals surface area (Å²) < 4.78 is 19.0. The minimum absolute atomic E-state index is 0.00571. The molecule has 2 aliphatic rings. The van der Waals surface area contributed by atoms with E-state index in [-0.39, 0.29) is 48.2 Å². The molecule has 11 nitrogen and oxygen atoms in total. The van der Waals surface area contributed by atoms with Crippen LogP contribution in [-0.4, -0.2) is 87.1 Å². The average Bonchev–Trinajstić information content (AvgIpc) is 3.59. The van der Waals surface area contributed by atoms with E-state index in [4.69, 9.17) is 4.74 Å². The molecule has 4 heterocycles. The fourth-order valence-corrected chi connectivity index (χ4v) is 6.19. The number of aliphatic hydroxyl groups is 1. The monoisotopic (exact) mass is 636 g/mol. The van der Waals surface area contributed by atoms with Gasteiger partial charge in [0.25, 0.3) is 17.4 Å². The van der Waals surface area contributed by atoms with Crippen LogP contribution in [0.1, 0.15) is 33.6 Å². The second-order valence-corrected chi connectivity index (χ2v) is 12.0. The van der Waals surface area contributed by atoms with Crippen LogP contribution in [0.5, 0.6) is 5.75 Å². The number of piperidine rings is 1. The molecule has 1 unspecified atom stereocenters. The van der Waals surface area contributed by atoms with E-state index in [9.17, 15) is 23.9 Å². The molecule has 1 atom stereocenters. The molecular formula is C35H33FN6O5. The van der Waals surface area contributed by atoms with Crippen molar-refractivity contribution in [1.29, 1.82) is 0 Å². The van der Waals surface area contributed by atoms with Gasteiger partial charge in [-0.05, 0) is 86.6 Å². The number of rotatable bonds is 9. The Labute approximate surface area is 269 Å². The summed E-state index contributed by atoms with van der Waals surface area (Å²) in [5.41, 5.74) is 3.65. The lowest BCUT2D eigenvalue weighted by atomic mass is 10.0. The number of carbonyl (C=O) groups is 2. The number of nitrogens with one attached hydrogen (secondary N) is 3. The molecule has 12 heteroatoms. The van der Waals surface area contributed by atoms with Gasteiger partial charge < -0.3 is 30.0 Å². The minimum atomic E-state index is -0.915. The minimum Gasteiger partial charge on any atom is -0.491 e. The number of ether oxygens (including phenoxy) is 1. The smallest absolute Gasteiger partial charge is 0.261 e. The highest BCUT2D eigenvalue weighted by Gasteiger charge is 2.41. The predicted molar refractivity (Wildman–Crippen MR) is 175 cm³/mol. The number of imidazole rings is 1. The summed E-state index contributed by atoms with van der Waals surface area (Å²) in [6.07, 6.45) is 2.05. The first-order valence-electron chi connectivity index (χ1n) is 15.5. The Hall–Kier alpha value is -5.33. The van der Waals surface area contributed by atoms with Gasteiger partial charge in [0.2, 0.25) is 0 Å². The molecule has 47 heavy (non-hydrogen) atoms. The summed E-state index contributed by atoms with van der Waals surface area (Å²) >= 11 is 0. The average molecular weight is 637 g/mol. The number of nitrogens with zero attached hydrogens (tertiary/aromatic N) is 3. The second-order valence-electron chi connectivity index (χ2n) is 12.0. The van der Waals surface area contributed by atoms with Crippen LogP contribution in [0.25, 0.3) is 33.5 Å². The van der Waals surface area contributed by atoms with Gasteiger partial charge in [-0.15, -0.1) is 0 Å². The maximum Gasteiger partial charge on any atom is 0.261 e. The zero-order valence-corrected chi connectivity index (χ0v) is 25.6. The molecular weight excluding hydrogens is 603 g/mol. The summed E-state index contributed by atoms with van der Waals surface area (Å²) in [6.45, 7) is 1.72. The van der Waals surface area contributed by atoms with Crippen molar-refractivity contribution in [3.8, 4) is 28.3 Å². The molecule has 0 spiro atoms. The summed E-state index contributed by atoms with van der Waals surface area (Å²) in [7, 11) is 2.03. The number of likely N-dealkylation sites (tertiary alicyclic amines) is 1. The highest BCUT2D eigenvalue weighted by Crippen LogP contribution is 2.33. The third-order valence-corrected chi connectivity index (χ3v) is 8.77. The fraction of sp³-hybridized carbons (Fsp3) is 0.257. The van der Waals surface area contributed by atoms with Crippen LogP contribution in [0.3, 0.4) is 0 Å². The lowest BCUT2D eigenvalue weighted by Gasteiger charge is -2.33. The van der Waals surface area contributed by atoms with E-state index in [0.29, 0.717) is 33.6 Å². The molecule has 1 saturated heterocycles. The zero-order chi connectivity index (χ0) is 32.7. The van der Waals surface area contributed by atoms with Crippen LogP contribution in [0.15, 0.2) is 77.7 Å². The molecule has 3 aromatic carbocycles. The van der Waals surface area contributed by atoms with E-state index in [2.05, 4.69) is 25.2 Å². The van der Waals surface area contributed by atoms with E-state index in [1.165, 1.54) is 23.2 Å². The van der Waals surface area contributed by atoms with Gasteiger partial charge >= 0.3 is 0 Å². The van der Waals surface area contributed by atoms with Crippen molar-refractivity contribution in [2.45, 2.75) is 25.0 Å². The van der Waals surface area contributed by atoms with Crippen molar-refractivity contribution in [2.75, 3.05) is 38.6 Å². The van der Waals surface area contributed by atoms with Crippen LogP contribution in [0.2, 0.25) is 0 Å². The Morgan fingerprint density at radius 1 is 0.979 bits per heavy atom. The molecule has 0 bridgehead atoms. The van der Waals surface area contributed by atoms with Crippen molar-refractivity contribution in [3.63, 3.8) is 0 Å². The largest absolute Gasteiger partial charge is 0.491 e. The van der Waals surface area contributed by atoms with Gasteiger partial charge in [0.05, 0.1) is 27.8 Å². The molecule has 2 amide bonds. The number of aliphatic hydroxyl groups excluding tert-OH is 1. The number of H-pyrrole nitrogens is 2. The Kier molecular flexibility index (Phi) is 8.04. The third-order valence-electron chi connectivity index (χ3n) is 8.77. The molecule has 7 rings (SSSR count). The van der Waals surface area contributed by atoms with E-state index in [1.807, 2.05) is 19.2 Å². The highest BCUT2D eigenvalue weighted by atomic mass is 19.1. The molecule has 5 aromatic rings. The van der Waals surface area contributed by atoms with Gasteiger partial charge in [0, 0.05) is 18.8 Å². The molecule has 0 aliphatic carbocycles. The Balaban J connectivity index is 1.03. The lowest BCUT2D eigenvalue weighted by molar-refractivity contribution is 0.0516. The molecule has 0 saturated carbocycles. The van der Waals surface area contributed by atoms with E-state index >= 15 is 0 Å². The number of hydrogen-bond donors (Lipinski definition) is 4. The molecule has 4 N–H and O–H groups in total. The summed E-state index contributed by atoms with van der Waals surface area (Å²) in [6, 6.07) is 18.3. The Morgan fingerprint density at radius 3 is 2.34 bits per heavy atom. The maximum atomic E-state index is 13.3. The number of imide groups is 1. The SMILES string of the molecule is CN1CCC(N2C(=O)c3cc4nc(-c5c(NCC(O)COc6ccc(-c7ccc(F)cc7)cc6)cc[nH]c5=O)[nH]c4cc3C2=O)CC1. The number of carbonyl (C=O) groups excluding carboxylic acids is 2. The van der Waals surface area contributed by atoms with E-state index < -0.39 is 11.7 Å². The molecule has 0 radical (unpaired) electrons. The standard InChI is InChI=1S/C35H33FN6O5/c1-41-14-11-23(12-15-41)42-34(45)26-16-29-30(17-27(26)35(42)46)40-32(39-29)31-28(10-13-37-33(31)44)38-18-24(43)19-47-25-8-4-21(5-9-25)20-2-6-22(36)7-3-20/h2-10,13,16-17,23-24,43H,11-12,14-15,18-19H2,1H3,(H,39,40)(H2,37,38,44). The van der Waals surface area contributed by atoms with Gasteiger partial charge in [0.1, 0.15) is 35.7 Å². The zero-order valence-electron chi connectivity index (χ0n) is 25.6. The van der Waals surface area contributed by atoms with E-state index in [1.54, 1.807) is 42.5 Å². The Bertz CT molecular complexity index is 1960. The van der Waals surface area contributed by atoms with Crippen molar-refractivity contribution < 1.29 is 23.8 Å². The quantitative estimate of drug-likeness (QED) is 0.176. The lowest BCUT2D eigenvalue weighted by Crippen LogP contribution is -2.46. The summed E-state index contributed by atoms with van der Waals surface area (Å²) in [4.78, 5) is 53.7. The first-order valence-corrected chi connectivity index (χ1v) is 15.5. The van der Waals surface area contributed by atoms with Gasteiger partial charge in [0.15, 0.2) is 0 Å². The van der Waals surface area contributed by atoms with Crippen LogP contribution < -0.4 is 15.6 Å². The van der Waals surface area contributed by atoms with Gasteiger partial charge in [-0.1, -0.05) is 24.3 Å². The van der Waals surface area contributed by atoms with Gasteiger partial charge in [-0.2, -0.15) is 0 Å². The van der Waals surface area contributed by atoms with Crippen molar-refractivity contribution >= 4 is 28.5 Å². The third kappa shape index (κ3) is 6.00. The van der Waals surface area contributed by atoms with Crippen molar-refractivity contribution in [2.24, 2.45) is 0 Å². The van der Waals surface area contributed by atoms with Gasteiger partial charge in [-0.3, -0.25) is 19.3 Å². The number of halogens is 1. The number of aromatic nitrogens is 3. The normalized spacial score (nSPS) is 16.1. The number of amides is 2. The van der Waals surface area contributed by atoms with Crippen molar-refractivity contribution in [3.05, 3.63) is 100 Å². The number of hydrogen-bond acceptors (Lipinski definition) is 8. The number of pyridine rings is 1. The maximum absolute atomic E-state index is 13.3. The first kappa shape index (κ1) is 30.3. The summed E-state index contributed by atoms with van der Waals surface area (Å²) in [5, 5.41) is 13.8. The molecule has 2 aliphatic heterocycles. The molecule has 240 valence electrons. The topological polar surface area (TPSA) is 144 Å². The van der Waals surface area contributed by atoms with Gasteiger partial charge in [-0.25, -0.2) is 9.37 Å². The molecule has 2 aromatic heterocycles. The number of aromatic amines is 2. The molecule has 1 fully saturated rings. The first-order chi connectivity index (χ1) is 22.7. The van der Waals surface area contributed by atoms with Crippen molar-refractivity contribution in [1.82, 2.24) is 24.8 Å². The van der Waals surface area contributed by atoms with E-state index in [0.717, 1.165) is 37.1 Å². The van der Waals surface area contributed by atoms with Crippen LogP contribution in [0, 0.1) is 5.82 Å². The van der Waals surface area contributed by atoms with Crippen LogP contribution in [0.4, 0.5) is 10.1 Å². The predicted octanol–water partition coefficient (Wildman–Crippen LogP) is 4.27. The fourth-order valence-electron chi connectivity index (χ4n) is 6.19. The number of anilines is 1. The summed E-state index contributed by atoms with van der Waals surface area (Å²) in [5.74, 6) is -0.0999. The van der Waals surface area contributed by atoms with Crippen LogP contribution >= 0.6 is 0 Å². The highest BCUT2D eigenvalue weighted by molar-refractivity contribution is 6.23. The Morgan fingerprint density at radius 2 is 1.64 bits per heavy atom. The number of fused-ring (bicyclic) bond motifs is 2. The second kappa shape index (κ2) is 12.5. The van der Waals surface area contributed by atoms with Crippen LogP contribution in [-0.2, 0) is 0 Å². The number of benzene rings is 3.